The molecule has 38 valence electrons. The molecule has 0 amide bonds. The first-order valence-corrected chi connectivity index (χ1v) is 2.75. The Morgan fingerprint density at radius 3 is 1.14 bits per heavy atom. The Bertz CT molecular complexity index is 94.9. The average Bonchev–Trinajstić information content (AvgIpc) is 0.722. The van der Waals surface area contributed by atoms with E-state index in [2.05, 4.69) is 0 Å². The molecule has 0 fully saturated rings. The summed E-state index contributed by atoms with van der Waals surface area (Å²) in [5.74, 6) is 0. The summed E-state index contributed by atoms with van der Waals surface area (Å²) in [6.07, 6.45) is 0. The van der Waals surface area contributed by atoms with Crippen LogP contribution in [0.2, 0.25) is 0 Å². The van der Waals surface area contributed by atoms with Crippen LogP contribution in [-0.2, 0) is 21.2 Å². The summed E-state index contributed by atoms with van der Waals surface area (Å²) < 4.78 is 34.4. The zero-order valence-corrected chi connectivity index (χ0v) is 8.46. The molecule has 0 spiro atoms. The van der Waals surface area contributed by atoms with Gasteiger partial charge < -0.3 is 0 Å². The van der Waals surface area contributed by atoms with E-state index in [0.29, 0.717) is 0 Å². The first kappa shape index (κ1) is 15.9. The molecule has 0 aliphatic carbocycles. The van der Waals surface area contributed by atoms with E-state index in [0.717, 1.165) is 0 Å². The Labute approximate surface area is 85.3 Å². The summed E-state index contributed by atoms with van der Waals surface area (Å²) in [5.41, 5.74) is 0. The van der Waals surface area contributed by atoms with Gasteiger partial charge in [0.25, 0.3) is 0 Å². The fraction of sp³-hybridized carbons (Fsp3) is 0. The predicted molar refractivity (Wildman–Crippen MR) is 17.1 cm³/mol. The number of rotatable bonds is 0. The second-order valence-corrected chi connectivity index (χ2v) is 1.68. The summed E-state index contributed by atoms with van der Waals surface area (Å²) in [4.78, 5) is 0. The van der Waals surface area contributed by atoms with Crippen LogP contribution < -0.4 is 8.32 Å². The normalized spacial score (nSPS) is 8.29. The van der Waals surface area contributed by atoms with E-state index in [1.807, 2.05) is 0 Å². The molecule has 0 heterocycles. The van der Waals surface area contributed by atoms with Crippen molar-refractivity contribution in [2.75, 3.05) is 0 Å². The van der Waals surface area contributed by atoms with Crippen LogP contribution >= 0.6 is 0 Å². The molecule has 0 unspecified atom stereocenters. The topological polar surface area (TPSA) is 80.3 Å². The molecule has 0 aromatic heterocycles. The molecule has 0 N–H and O–H groups in total. The maximum absolute atomic E-state index is 8.59. The molecule has 7 heteroatoms. The molecule has 0 aliphatic rings. The molecule has 0 saturated heterocycles. The molecule has 7 heavy (non-hydrogen) atoms. The predicted octanol–water partition coefficient (Wildman–Crippen LogP) is -4.18. The third-order valence-corrected chi connectivity index (χ3v) is 0. The van der Waals surface area contributed by atoms with Gasteiger partial charge in [-0.05, 0) is 0 Å². The third-order valence-electron chi connectivity index (χ3n) is 0. The zero-order valence-electron chi connectivity index (χ0n) is 2.75. The van der Waals surface area contributed by atoms with Crippen LogP contribution in [-0.4, -0.2) is 57.3 Å². The Morgan fingerprint density at radius 2 is 1.14 bits per heavy atom. The van der Waals surface area contributed by atoms with E-state index in [1.165, 1.54) is 0 Å². The van der Waals surface area contributed by atoms with Crippen molar-refractivity contribution in [2.24, 2.45) is 0 Å². The van der Waals surface area contributed by atoms with Crippen molar-refractivity contribution in [2.45, 2.75) is 0 Å². The van der Waals surface area contributed by atoms with Crippen LogP contribution in [0.15, 0.2) is 0 Å². The second-order valence-electron chi connectivity index (χ2n) is 0.408. The van der Waals surface area contributed by atoms with Crippen molar-refractivity contribution in [3.8, 4) is 0 Å². The minimum atomic E-state index is -5.75. The van der Waals surface area contributed by atoms with Gasteiger partial charge in [-0.1, -0.05) is 0 Å². The third kappa shape index (κ3) is 87.2. The second kappa shape index (κ2) is 5.82. The molecule has 0 aromatic rings. The van der Waals surface area contributed by atoms with Crippen LogP contribution in [0.3, 0.4) is 0 Å². The van der Waals surface area contributed by atoms with Crippen molar-refractivity contribution in [1.29, 1.82) is 0 Å². The van der Waals surface area contributed by atoms with Gasteiger partial charge in [0.15, 0.2) is 0 Å². The quantitative estimate of drug-likeness (QED) is 0.417. The molecule has 0 aliphatic heterocycles. The Balaban J connectivity index is -0.0000000800. The van der Waals surface area contributed by atoms with Crippen molar-refractivity contribution in [1.82, 2.24) is 0 Å². The maximum atomic E-state index is 8.59. The van der Waals surface area contributed by atoms with E-state index in [9.17, 15) is 0 Å². The number of hydrogen-bond donors (Lipinski definition) is 0. The van der Waals surface area contributed by atoms with E-state index >= 15 is 0 Å². The molecule has 0 radical (unpaired) electrons. The van der Waals surface area contributed by atoms with Crippen molar-refractivity contribution in [3.63, 3.8) is 0 Å². The molecule has 4 nitrogen and oxygen atoms in total. The Morgan fingerprint density at radius 1 is 1.14 bits per heavy atom. The molecule has 0 bridgehead atoms. The molecule has 0 atom stereocenters. The van der Waals surface area contributed by atoms with Crippen molar-refractivity contribution < 1.29 is 29.5 Å². The first-order valence-electron chi connectivity index (χ1n) is 0.667. The van der Waals surface area contributed by atoms with E-state index in [-0.39, 0.29) is 57.3 Å². The Kier molecular flexibility index (Phi) is 13.2. The molecular weight excluding hydrogens is 264 g/mol. The van der Waals surface area contributed by atoms with Gasteiger partial charge in [0.05, 0.1) is 8.41 Å². The van der Waals surface area contributed by atoms with Crippen LogP contribution in [0.25, 0.3) is 0 Å². The van der Waals surface area contributed by atoms with Crippen molar-refractivity contribution in [3.05, 3.63) is 0 Å². The van der Waals surface area contributed by atoms with Gasteiger partial charge in [0.1, 0.15) is 0 Å². The van der Waals surface area contributed by atoms with E-state index in [4.69, 9.17) is 15.9 Å². The summed E-state index contributed by atoms with van der Waals surface area (Å²) >= 11 is -5.75. The SMILES string of the molecule is B.[Ba+2].[O]=[Cr](=[O])([O-])[O-]. The molecule has 0 rings (SSSR count). The standard InChI is InChI=1S/BH3.Ba.Cr.4O/h1H3;;;;;;/q;+2;;;;2*-1. The van der Waals surface area contributed by atoms with Gasteiger partial charge in [0, 0.05) is 0 Å². The fourth-order valence-electron chi connectivity index (χ4n) is 0. The summed E-state index contributed by atoms with van der Waals surface area (Å²) in [7, 11) is 0. The summed E-state index contributed by atoms with van der Waals surface area (Å²) in [6.45, 7) is 0. The van der Waals surface area contributed by atoms with Gasteiger partial charge in [-0.2, -0.15) is 0 Å². The van der Waals surface area contributed by atoms with Gasteiger partial charge in [-0.3, -0.25) is 0 Å². The van der Waals surface area contributed by atoms with Crippen LogP contribution in [0, 0.1) is 0 Å². The van der Waals surface area contributed by atoms with Gasteiger partial charge in [-0.25, -0.2) is 0 Å². The summed E-state index contributed by atoms with van der Waals surface area (Å²) in [5, 5.41) is 0. The Hall–Kier alpha value is 1.69. The number of hydrogen-bond acceptors (Lipinski definition) is 4. The fourth-order valence-corrected chi connectivity index (χ4v) is 0. The van der Waals surface area contributed by atoms with Gasteiger partial charge >= 0.3 is 78.4 Å². The molecule has 0 aromatic carbocycles. The van der Waals surface area contributed by atoms with E-state index < -0.39 is 13.6 Å². The van der Waals surface area contributed by atoms with Crippen molar-refractivity contribution >= 4 is 57.3 Å². The average molecular weight is 267 g/mol. The van der Waals surface area contributed by atoms with Crippen LogP contribution in [0.5, 0.6) is 0 Å². The van der Waals surface area contributed by atoms with E-state index in [1.54, 1.807) is 0 Å². The monoisotopic (exact) mass is 268 g/mol. The van der Waals surface area contributed by atoms with Gasteiger partial charge in [-0.15, -0.1) is 0 Å². The van der Waals surface area contributed by atoms with Gasteiger partial charge in [0.2, 0.25) is 0 Å². The minimum absolute atomic E-state index is 0. The zero-order chi connectivity index (χ0) is 4.50. The summed E-state index contributed by atoms with van der Waals surface area (Å²) in [6, 6.07) is 0. The van der Waals surface area contributed by atoms with Crippen LogP contribution in [0.4, 0.5) is 0 Å². The molecule has 0 saturated carbocycles. The first-order chi connectivity index (χ1) is 2.00. The van der Waals surface area contributed by atoms with Crippen LogP contribution in [0.1, 0.15) is 0 Å². The molecular formula is H3BBaCrO4.